The zero-order valence-electron chi connectivity index (χ0n) is 7.28. The van der Waals surface area contributed by atoms with Crippen molar-refractivity contribution in [2.45, 2.75) is 12.5 Å². The van der Waals surface area contributed by atoms with Gasteiger partial charge in [-0.15, -0.1) is 12.4 Å². The van der Waals surface area contributed by atoms with Crippen LogP contribution >= 0.6 is 12.4 Å². The van der Waals surface area contributed by atoms with E-state index in [0.29, 0.717) is 19.1 Å². The molecule has 0 saturated carbocycles. The third kappa shape index (κ3) is 2.90. The van der Waals surface area contributed by atoms with Gasteiger partial charge in [0.25, 0.3) is 0 Å². The van der Waals surface area contributed by atoms with Crippen molar-refractivity contribution in [2.75, 3.05) is 26.4 Å². The van der Waals surface area contributed by atoms with E-state index in [2.05, 4.69) is 5.32 Å². The summed E-state index contributed by atoms with van der Waals surface area (Å²) in [6, 6.07) is 0.338. The van der Waals surface area contributed by atoms with Crippen molar-refractivity contribution in [2.24, 2.45) is 0 Å². The minimum absolute atomic E-state index is 0. The molecule has 0 spiro atoms. The number of hydrogen-bond acceptors (Lipinski definition) is 3. The lowest BCUT2D eigenvalue weighted by molar-refractivity contribution is 0.469. The average molecular weight is 215 g/mol. The van der Waals surface area contributed by atoms with Crippen molar-refractivity contribution in [3.05, 3.63) is 0 Å². The molecule has 0 radical (unpaired) electrons. The molecular formula is C6H15ClN2O2S. The van der Waals surface area contributed by atoms with Gasteiger partial charge in [0.15, 0.2) is 0 Å². The number of likely N-dealkylation sites (N-methyl/N-ethyl adjacent to an activating group) is 1. The van der Waals surface area contributed by atoms with Crippen LogP contribution < -0.4 is 5.32 Å². The second-order valence-corrected chi connectivity index (χ2v) is 4.88. The first-order valence-corrected chi connectivity index (χ1v) is 5.51. The molecule has 0 aromatic heterocycles. The van der Waals surface area contributed by atoms with Crippen molar-refractivity contribution in [3.8, 4) is 0 Å². The minimum Gasteiger partial charge on any atom is -0.316 e. The van der Waals surface area contributed by atoms with Gasteiger partial charge in [0.1, 0.15) is 0 Å². The van der Waals surface area contributed by atoms with E-state index in [1.54, 1.807) is 0 Å². The third-order valence-electron chi connectivity index (χ3n) is 2.03. The molecule has 1 saturated heterocycles. The Labute approximate surface area is 79.8 Å². The van der Waals surface area contributed by atoms with Crippen LogP contribution in [0, 0.1) is 0 Å². The standard InChI is InChI=1S/C6H14N2O2S.ClH/c1-7-6-3-4-8(5-6)11(2,9)10;/h6-7H,3-5H2,1-2H3;1H/t6-;/m0./s1. The molecule has 4 nitrogen and oxygen atoms in total. The van der Waals surface area contributed by atoms with E-state index in [4.69, 9.17) is 0 Å². The molecule has 0 aromatic rings. The van der Waals surface area contributed by atoms with E-state index < -0.39 is 10.0 Å². The Morgan fingerprint density at radius 2 is 2.08 bits per heavy atom. The normalized spacial score (nSPS) is 25.3. The Kier molecular flexibility index (Phi) is 4.47. The summed E-state index contributed by atoms with van der Waals surface area (Å²) in [4.78, 5) is 0. The number of rotatable bonds is 2. The molecule has 12 heavy (non-hydrogen) atoms. The fraction of sp³-hybridized carbons (Fsp3) is 1.00. The monoisotopic (exact) mass is 214 g/mol. The summed E-state index contributed by atoms with van der Waals surface area (Å²) in [6.45, 7) is 1.28. The van der Waals surface area contributed by atoms with Crippen LogP contribution in [0.25, 0.3) is 0 Å². The Morgan fingerprint density at radius 1 is 1.50 bits per heavy atom. The van der Waals surface area contributed by atoms with Gasteiger partial charge in [0.05, 0.1) is 6.26 Å². The molecule has 1 N–H and O–H groups in total. The molecule has 0 bridgehead atoms. The zero-order valence-corrected chi connectivity index (χ0v) is 8.91. The average Bonchev–Trinajstić information content (AvgIpc) is 2.32. The lowest BCUT2D eigenvalue weighted by Crippen LogP contribution is -2.32. The molecule has 1 atom stereocenters. The van der Waals surface area contributed by atoms with Crippen LogP contribution in [0.2, 0.25) is 0 Å². The SMILES string of the molecule is CN[C@H]1CCN(S(C)(=O)=O)C1.Cl. The predicted molar refractivity (Wildman–Crippen MR) is 51.1 cm³/mol. The maximum absolute atomic E-state index is 11.0. The third-order valence-corrected chi connectivity index (χ3v) is 3.30. The molecule has 0 aromatic carbocycles. The van der Waals surface area contributed by atoms with E-state index in [-0.39, 0.29) is 12.4 Å². The van der Waals surface area contributed by atoms with Crippen molar-refractivity contribution >= 4 is 22.4 Å². The Morgan fingerprint density at radius 3 is 2.33 bits per heavy atom. The molecule has 1 rings (SSSR count). The number of nitrogens with zero attached hydrogens (tertiary/aromatic N) is 1. The van der Waals surface area contributed by atoms with Gasteiger partial charge in [-0.2, -0.15) is 0 Å². The summed E-state index contributed by atoms with van der Waals surface area (Å²) in [5, 5.41) is 3.06. The molecule has 6 heteroatoms. The van der Waals surface area contributed by atoms with Gasteiger partial charge in [-0.1, -0.05) is 0 Å². The molecule has 1 heterocycles. The lowest BCUT2D eigenvalue weighted by Gasteiger charge is -2.12. The highest BCUT2D eigenvalue weighted by atomic mass is 35.5. The molecule has 0 unspecified atom stereocenters. The number of hydrogen-bond donors (Lipinski definition) is 1. The predicted octanol–water partition coefficient (Wildman–Crippen LogP) is -0.338. The summed E-state index contributed by atoms with van der Waals surface area (Å²) < 4.78 is 23.5. The summed E-state index contributed by atoms with van der Waals surface area (Å²) in [7, 11) is -1.09. The lowest BCUT2D eigenvalue weighted by atomic mass is 10.3. The Hall–Kier alpha value is 0.160. The van der Waals surface area contributed by atoms with Crippen LogP contribution in [0.1, 0.15) is 6.42 Å². The maximum atomic E-state index is 11.0. The van der Waals surface area contributed by atoms with Crippen LogP contribution in [0.15, 0.2) is 0 Å². The van der Waals surface area contributed by atoms with Crippen molar-refractivity contribution in [1.29, 1.82) is 0 Å². The fourth-order valence-electron chi connectivity index (χ4n) is 1.27. The highest BCUT2D eigenvalue weighted by molar-refractivity contribution is 7.88. The first-order chi connectivity index (χ1) is 5.04. The molecule has 1 aliphatic heterocycles. The molecular weight excluding hydrogens is 200 g/mol. The van der Waals surface area contributed by atoms with Crippen LogP contribution in [0.5, 0.6) is 0 Å². The van der Waals surface area contributed by atoms with E-state index in [0.717, 1.165) is 6.42 Å². The molecule has 0 aliphatic carbocycles. The quantitative estimate of drug-likeness (QED) is 0.685. The van der Waals surface area contributed by atoms with Gasteiger partial charge in [0, 0.05) is 19.1 Å². The van der Waals surface area contributed by atoms with Gasteiger partial charge in [0.2, 0.25) is 10.0 Å². The van der Waals surface area contributed by atoms with Gasteiger partial charge in [-0.3, -0.25) is 0 Å². The van der Waals surface area contributed by atoms with Crippen molar-refractivity contribution < 1.29 is 8.42 Å². The molecule has 1 aliphatic rings. The van der Waals surface area contributed by atoms with Gasteiger partial charge >= 0.3 is 0 Å². The van der Waals surface area contributed by atoms with Gasteiger partial charge < -0.3 is 5.32 Å². The minimum atomic E-state index is -2.95. The Balaban J connectivity index is 0.00000121. The maximum Gasteiger partial charge on any atom is 0.211 e. The second-order valence-electron chi connectivity index (χ2n) is 2.90. The summed E-state index contributed by atoms with van der Waals surface area (Å²) >= 11 is 0. The van der Waals surface area contributed by atoms with Crippen LogP contribution in [-0.4, -0.2) is 45.2 Å². The Bertz CT molecular complexity index is 230. The van der Waals surface area contributed by atoms with Crippen molar-refractivity contribution in [1.82, 2.24) is 9.62 Å². The van der Waals surface area contributed by atoms with E-state index >= 15 is 0 Å². The fourth-order valence-corrected chi connectivity index (χ4v) is 2.15. The highest BCUT2D eigenvalue weighted by Gasteiger charge is 2.26. The van der Waals surface area contributed by atoms with Gasteiger partial charge in [-0.05, 0) is 13.5 Å². The number of nitrogens with one attached hydrogen (secondary N) is 1. The summed E-state index contributed by atoms with van der Waals surface area (Å²) in [5.74, 6) is 0. The smallest absolute Gasteiger partial charge is 0.211 e. The first-order valence-electron chi connectivity index (χ1n) is 3.66. The summed E-state index contributed by atoms with van der Waals surface area (Å²) in [5.41, 5.74) is 0. The van der Waals surface area contributed by atoms with E-state index in [1.807, 2.05) is 7.05 Å². The second kappa shape index (κ2) is 4.41. The van der Waals surface area contributed by atoms with E-state index in [9.17, 15) is 8.42 Å². The molecule has 74 valence electrons. The molecule has 0 amide bonds. The number of halogens is 1. The van der Waals surface area contributed by atoms with Crippen LogP contribution in [0.4, 0.5) is 0 Å². The first kappa shape index (κ1) is 12.2. The van der Waals surface area contributed by atoms with Crippen molar-refractivity contribution in [3.63, 3.8) is 0 Å². The van der Waals surface area contributed by atoms with Crippen LogP contribution in [0.3, 0.4) is 0 Å². The topological polar surface area (TPSA) is 49.4 Å². The van der Waals surface area contributed by atoms with E-state index in [1.165, 1.54) is 10.6 Å². The van der Waals surface area contributed by atoms with Crippen LogP contribution in [-0.2, 0) is 10.0 Å². The largest absolute Gasteiger partial charge is 0.316 e. The highest BCUT2D eigenvalue weighted by Crippen LogP contribution is 2.11. The molecule has 1 fully saturated rings. The number of sulfonamides is 1. The zero-order chi connectivity index (χ0) is 8.48. The van der Waals surface area contributed by atoms with Gasteiger partial charge in [-0.25, -0.2) is 12.7 Å². The summed E-state index contributed by atoms with van der Waals surface area (Å²) in [6.07, 6.45) is 2.18.